The highest BCUT2D eigenvalue weighted by Gasteiger charge is 2.57. The number of alkyl carbamates (subject to hydrolysis) is 1. The van der Waals surface area contributed by atoms with Crippen molar-refractivity contribution in [2.45, 2.75) is 83.8 Å². The van der Waals surface area contributed by atoms with Crippen LogP contribution in [0.3, 0.4) is 0 Å². The molecule has 0 radical (unpaired) electrons. The minimum absolute atomic E-state index is 0.186. The van der Waals surface area contributed by atoms with Crippen LogP contribution in [0.1, 0.15) is 45.4 Å². The van der Waals surface area contributed by atoms with E-state index in [0.717, 1.165) is 19.4 Å². The van der Waals surface area contributed by atoms with E-state index >= 15 is 8.78 Å². The molecule has 25 heteroatoms. The Hall–Kier alpha value is -4.92. The van der Waals surface area contributed by atoms with Crippen LogP contribution in [0.25, 0.3) is 11.3 Å². The summed E-state index contributed by atoms with van der Waals surface area (Å²) in [4.78, 5) is 50.9. The van der Waals surface area contributed by atoms with E-state index in [1.165, 1.54) is 17.4 Å². The third-order valence-electron chi connectivity index (χ3n) is 9.58. The second-order valence-corrected chi connectivity index (χ2v) is 15.9. The van der Waals surface area contributed by atoms with Crippen molar-refractivity contribution >= 4 is 46.6 Å². The summed E-state index contributed by atoms with van der Waals surface area (Å²) in [5.74, 6) is -6.15. The lowest BCUT2D eigenvalue weighted by atomic mass is 9.82. The van der Waals surface area contributed by atoms with E-state index in [1.807, 2.05) is 28.0 Å². The highest BCUT2D eigenvalue weighted by Crippen LogP contribution is 2.42. The van der Waals surface area contributed by atoms with E-state index in [2.05, 4.69) is 15.2 Å². The zero-order valence-electron chi connectivity index (χ0n) is 32.6. The molecule has 0 bridgehead atoms. The number of hydrogen-bond acceptors (Lipinski definition) is 8. The van der Waals surface area contributed by atoms with Gasteiger partial charge in [0.1, 0.15) is 23.7 Å². The number of hydrogen-bond donors (Lipinski definition) is 6. The summed E-state index contributed by atoms with van der Waals surface area (Å²) in [6, 6.07) is 1.64. The molecule has 1 heterocycles. The number of aliphatic hydroxyl groups excluding tert-OH is 1. The molecule has 61 heavy (non-hydrogen) atoms. The second kappa shape index (κ2) is 19.9. The number of amides is 4. The van der Waals surface area contributed by atoms with Gasteiger partial charge in [0.25, 0.3) is 5.91 Å². The van der Waals surface area contributed by atoms with Crippen molar-refractivity contribution in [3.63, 3.8) is 0 Å². The molecular weight excluding hydrogens is 959 g/mol. The number of carbonyl (C=O) groups excluding carboxylic acids is 3. The summed E-state index contributed by atoms with van der Waals surface area (Å²) in [6.07, 6.45) is -15.7. The number of aromatic nitrogens is 2. The molecule has 338 valence electrons. The van der Waals surface area contributed by atoms with Crippen LogP contribution in [0, 0.1) is 26.0 Å². The maximum atomic E-state index is 15.7. The largest absolute Gasteiger partial charge is 0.465 e. The lowest BCUT2D eigenvalue weighted by molar-refractivity contribution is -0.221. The summed E-state index contributed by atoms with van der Waals surface area (Å²) in [5.41, 5.74) is -5.54. The Kier molecular flexibility index (Phi) is 16.4. The van der Waals surface area contributed by atoms with Crippen LogP contribution >= 0.6 is 22.6 Å². The van der Waals surface area contributed by atoms with Crippen molar-refractivity contribution < 1.29 is 78.0 Å². The van der Waals surface area contributed by atoms with Crippen molar-refractivity contribution in [3.05, 3.63) is 75.0 Å². The SMILES string of the molecule is COC(=O)NC(C(=O)NC(Cc1ccc(I)cc1)C(O)CN(Cc1c(F)cc(-c2ccn(C(F)F)n2)cc1F)NC(=O)C(NC(=O)O)C(C)(C)C(F)(F)F)C(C)(C)C(F)(F)F. The molecule has 0 saturated heterocycles. The zero-order chi connectivity index (χ0) is 46.4. The molecule has 0 aliphatic rings. The maximum Gasteiger partial charge on any atom is 0.407 e. The average Bonchev–Trinajstić information content (AvgIpc) is 3.64. The number of ether oxygens (including phenoxy) is 1. The quantitative estimate of drug-likeness (QED) is 0.0514. The number of methoxy groups -OCH3 is 1. The molecule has 14 nitrogen and oxygen atoms in total. The van der Waals surface area contributed by atoms with Gasteiger partial charge in [0, 0.05) is 34.0 Å². The number of alkyl halides is 8. The van der Waals surface area contributed by atoms with E-state index in [1.54, 1.807) is 17.4 Å². The van der Waals surface area contributed by atoms with Gasteiger partial charge in [-0.1, -0.05) is 12.1 Å². The van der Waals surface area contributed by atoms with Crippen molar-refractivity contribution in [1.82, 2.24) is 36.2 Å². The normalized spacial score (nSPS) is 14.5. The number of carboxylic acid groups (broad SMARTS) is 1. The fraction of sp³-hybridized carbons (Fsp3) is 0.472. The lowest BCUT2D eigenvalue weighted by Crippen LogP contribution is -2.63. The van der Waals surface area contributed by atoms with E-state index in [9.17, 15) is 64.5 Å². The van der Waals surface area contributed by atoms with Crippen LogP contribution in [0.2, 0.25) is 0 Å². The number of nitrogens with one attached hydrogen (secondary N) is 4. The van der Waals surface area contributed by atoms with Gasteiger partial charge in [-0.3, -0.25) is 15.0 Å². The molecule has 0 aliphatic heterocycles. The number of rotatable bonds is 17. The molecule has 0 aliphatic carbocycles. The fourth-order valence-corrected chi connectivity index (χ4v) is 5.97. The summed E-state index contributed by atoms with van der Waals surface area (Å²) in [6.45, 7) is -3.28. The Morgan fingerprint density at radius 1 is 0.852 bits per heavy atom. The molecule has 6 N–H and O–H groups in total. The number of carbonyl (C=O) groups is 4. The van der Waals surface area contributed by atoms with Gasteiger partial charge in [-0.25, -0.2) is 28.1 Å². The van der Waals surface area contributed by atoms with E-state index < -0.39 is 115 Å². The van der Waals surface area contributed by atoms with E-state index in [4.69, 9.17) is 0 Å². The van der Waals surface area contributed by atoms with Gasteiger partial charge in [-0.2, -0.15) is 40.2 Å². The number of aliphatic hydroxyl groups is 1. The van der Waals surface area contributed by atoms with Crippen LogP contribution < -0.4 is 21.4 Å². The van der Waals surface area contributed by atoms with E-state index in [0.29, 0.717) is 54.0 Å². The number of halogens is 11. The van der Waals surface area contributed by atoms with Gasteiger partial charge in [0.2, 0.25) is 5.91 Å². The van der Waals surface area contributed by atoms with Crippen LogP contribution in [-0.2, 0) is 27.3 Å². The Morgan fingerprint density at radius 2 is 1.38 bits per heavy atom. The zero-order valence-corrected chi connectivity index (χ0v) is 34.7. The molecule has 4 unspecified atom stereocenters. The Bertz CT molecular complexity index is 2010. The first-order valence-corrected chi connectivity index (χ1v) is 18.6. The topological polar surface area (TPSA) is 187 Å². The minimum atomic E-state index is -5.25. The molecule has 0 saturated carbocycles. The standard InChI is InChI=1S/C36H40F10IN7O7/c1-33(2,35(41,42)43)26(50-32(60)61-5)28(56)48-24(12-17-6-8-19(47)9-7-17)25(55)16-53(52-29(57)27(49-31(58)59)34(3,4)36(44,45)46)15-20-21(37)13-18(14-22(20)38)23-10-11-54(51-23)30(39)40/h6-11,13-14,24-27,30,49,55H,12,15-16H2,1-5H3,(H,48,56)(H,50,60)(H,52,57)(H,58,59). The van der Waals surface area contributed by atoms with E-state index in [-0.39, 0.29) is 15.9 Å². The first kappa shape index (κ1) is 50.4. The first-order chi connectivity index (χ1) is 28.0. The predicted molar refractivity (Wildman–Crippen MR) is 202 cm³/mol. The maximum absolute atomic E-state index is 15.7. The summed E-state index contributed by atoms with van der Waals surface area (Å²) in [7, 11) is 0.809. The molecule has 1 aromatic heterocycles. The Labute approximate surface area is 354 Å². The van der Waals surface area contributed by atoms with Gasteiger partial charge < -0.3 is 30.9 Å². The van der Waals surface area contributed by atoms with Crippen molar-refractivity contribution in [1.29, 1.82) is 0 Å². The fourth-order valence-electron chi connectivity index (χ4n) is 5.62. The molecule has 3 aromatic rings. The monoisotopic (exact) mass is 999 g/mol. The smallest absolute Gasteiger partial charge is 0.407 e. The molecule has 0 spiro atoms. The average molecular weight is 1000 g/mol. The van der Waals surface area contributed by atoms with Crippen molar-refractivity contribution in [2.24, 2.45) is 10.8 Å². The van der Waals surface area contributed by atoms with Gasteiger partial charge in [-0.05, 0) is 92.6 Å². The first-order valence-electron chi connectivity index (χ1n) is 17.6. The van der Waals surface area contributed by atoms with Crippen molar-refractivity contribution in [2.75, 3.05) is 13.7 Å². The van der Waals surface area contributed by atoms with Gasteiger partial charge in [0.05, 0.1) is 35.8 Å². The van der Waals surface area contributed by atoms with Crippen LogP contribution in [0.15, 0.2) is 48.7 Å². The van der Waals surface area contributed by atoms with Gasteiger partial charge >= 0.3 is 31.1 Å². The highest BCUT2D eigenvalue weighted by molar-refractivity contribution is 14.1. The van der Waals surface area contributed by atoms with Gasteiger partial charge in [-0.15, -0.1) is 0 Å². The third kappa shape index (κ3) is 12.8. The molecule has 3 rings (SSSR count). The minimum Gasteiger partial charge on any atom is -0.465 e. The van der Waals surface area contributed by atoms with Gasteiger partial charge in [0.15, 0.2) is 0 Å². The second-order valence-electron chi connectivity index (χ2n) is 14.6. The highest BCUT2D eigenvalue weighted by atomic mass is 127. The van der Waals surface area contributed by atoms with Crippen LogP contribution in [-0.4, -0.2) is 99.2 Å². The third-order valence-corrected chi connectivity index (χ3v) is 10.3. The Morgan fingerprint density at radius 3 is 1.84 bits per heavy atom. The number of benzene rings is 2. The molecule has 4 amide bonds. The molecule has 4 atom stereocenters. The Balaban J connectivity index is 2.15. The molecule has 2 aromatic carbocycles. The summed E-state index contributed by atoms with van der Waals surface area (Å²) < 4.78 is 148. The van der Waals surface area contributed by atoms with Crippen LogP contribution in [0.5, 0.6) is 0 Å². The summed E-state index contributed by atoms with van der Waals surface area (Å²) in [5, 5.41) is 30.4. The number of nitrogens with zero attached hydrogens (tertiary/aromatic N) is 3. The van der Waals surface area contributed by atoms with Crippen LogP contribution in [0.4, 0.5) is 53.5 Å². The van der Waals surface area contributed by atoms with Crippen molar-refractivity contribution in [3.8, 4) is 11.3 Å². The molecular formula is C36H40F10IN7O7. The molecule has 0 fully saturated rings. The lowest BCUT2D eigenvalue weighted by Gasteiger charge is -2.38. The summed E-state index contributed by atoms with van der Waals surface area (Å²) >= 11 is 1.94. The number of hydrazine groups is 1. The predicted octanol–water partition coefficient (Wildman–Crippen LogP) is 6.29.